The molecule has 0 aromatic carbocycles. The highest BCUT2D eigenvalue weighted by Gasteiger charge is 2.27. The quantitative estimate of drug-likeness (QED) is 0.783. The molecule has 0 atom stereocenters. The average Bonchev–Trinajstić information content (AvgIpc) is 3.29. The van der Waals surface area contributed by atoms with Crippen LogP contribution in [0.4, 0.5) is 0 Å². The first-order chi connectivity index (χ1) is 12.4. The number of likely N-dealkylation sites (tertiary alicyclic amines) is 1. The van der Waals surface area contributed by atoms with Gasteiger partial charge < -0.3 is 4.90 Å². The van der Waals surface area contributed by atoms with Crippen molar-refractivity contribution >= 4 is 38.8 Å². The Balaban J connectivity index is 1.51. The molecule has 10 heteroatoms. The largest absolute Gasteiger partial charge is 0.338 e. The summed E-state index contributed by atoms with van der Waals surface area (Å²) in [7, 11) is -3.45. The maximum atomic E-state index is 12.5. The summed E-state index contributed by atoms with van der Waals surface area (Å²) >= 11 is 2.44. The molecule has 3 heterocycles. The lowest BCUT2D eigenvalue weighted by atomic mass is 9.97. The predicted molar refractivity (Wildman–Crippen MR) is 102 cm³/mol. The zero-order valence-corrected chi connectivity index (χ0v) is 17.2. The van der Waals surface area contributed by atoms with Gasteiger partial charge in [0, 0.05) is 24.5 Å². The van der Waals surface area contributed by atoms with E-state index in [0.717, 1.165) is 35.7 Å². The van der Waals surface area contributed by atoms with Crippen LogP contribution in [0.3, 0.4) is 0 Å². The summed E-state index contributed by atoms with van der Waals surface area (Å²) in [6.07, 6.45) is 2.40. The van der Waals surface area contributed by atoms with Crippen LogP contribution in [0, 0.1) is 12.8 Å². The van der Waals surface area contributed by atoms with Crippen molar-refractivity contribution in [2.75, 3.05) is 19.6 Å². The van der Waals surface area contributed by atoms with Crippen LogP contribution in [0.15, 0.2) is 16.3 Å². The average molecular weight is 415 g/mol. The van der Waals surface area contributed by atoms with Crippen molar-refractivity contribution in [3.05, 3.63) is 27.6 Å². The monoisotopic (exact) mass is 414 g/mol. The van der Waals surface area contributed by atoms with Crippen LogP contribution < -0.4 is 4.72 Å². The highest BCUT2D eigenvalue weighted by molar-refractivity contribution is 7.91. The van der Waals surface area contributed by atoms with Gasteiger partial charge in [-0.2, -0.15) is 0 Å². The van der Waals surface area contributed by atoms with E-state index in [0.29, 0.717) is 34.4 Å². The Morgan fingerprint density at radius 3 is 2.65 bits per heavy atom. The van der Waals surface area contributed by atoms with E-state index >= 15 is 0 Å². The molecule has 0 saturated carbocycles. The first kappa shape index (κ1) is 19.4. The summed E-state index contributed by atoms with van der Waals surface area (Å²) in [4.78, 5) is 15.9. The van der Waals surface area contributed by atoms with E-state index in [2.05, 4.69) is 14.3 Å². The van der Waals surface area contributed by atoms with Crippen molar-refractivity contribution in [1.82, 2.24) is 19.2 Å². The second-order valence-corrected chi connectivity index (χ2v) is 10.3. The van der Waals surface area contributed by atoms with Crippen molar-refractivity contribution in [2.45, 2.75) is 37.3 Å². The van der Waals surface area contributed by atoms with Crippen LogP contribution in [0.1, 0.15) is 40.0 Å². The zero-order chi connectivity index (χ0) is 18.7. The van der Waals surface area contributed by atoms with Gasteiger partial charge in [-0.05, 0) is 55.8 Å². The Kier molecular flexibility index (Phi) is 6.06. The number of amides is 1. The standard InChI is InChI=1S/C16H22N4O3S3/c1-3-13-4-5-14(24-13)26(22,23)17-10-12-6-8-20(9-7-12)16(21)15-11(2)18-19-25-15/h4-5,12,17H,3,6-10H2,1-2H3. The van der Waals surface area contributed by atoms with Crippen LogP contribution in [0.5, 0.6) is 0 Å². The molecule has 0 spiro atoms. The fourth-order valence-corrected chi connectivity index (χ4v) is 5.98. The normalized spacial score (nSPS) is 16.2. The summed E-state index contributed by atoms with van der Waals surface area (Å²) in [6, 6.07) is 3.53. The minimum absolute atomic E-state index is 0.0257. The third-order valence-electron chi connectivity index (χ3n) is 4.56. The summed E-state index contributed by atoms with van der Waals surface area (Å²) in [5, 5.41) is 3.89. The molecule has 2 aromatic rings. The van der Waals surface area contributed by atoms with E-state index in [1.165, 1.54) is 11.3 Å². The van der Waals surface area contributed by atoms with E-state index in [1.54, 1.807) is 17.9 Å². The van der Waals surface area contributed by atoms with Crippen LogP contribution in [-0.4, -0.2) is 48.4 Å². The fourth-order valence-electron chi connectivity index (χ4n) is 2.90. The van der Waals surface area contributed by atoms with Crippen LogP contribution in [0.2, 0.25) is 0 Å². The lowest BCUT2D eigenvalue weighted by Gasteiger charge is -2.31. The molecule has 0 unspecified atom stereocenters. The Morgan fingerprint density at radius 2 is 2.08 bits per heavy atom. The van der Waals surface area contributed by atoms with Gasteiger partial charge in [-0.3, -0.25) is 4.79 Å². The molecule has 1 aliphatic rings. The van der Waals surface area contributed by atoms with Crippen LogP contribution >= 0.6 is 22.9 Å². The summed E-state index contributed by atoms with van der Waals surface area (Å²) in [5.74, 6) is 0.210. The fraction of sp³-hybridized carbons (Fsp3) is 0.562. The van der Waals surface area contributed by atoms with Gasteiger partial charge in [-0.1, -0.05) is 11.4 Å². The maximum Gasteiger partial charge on any atom is 0.267 e. The summed E-state index contributed by atoms with van der Waals surface area (Å²) in [5.41, 5.74) is 0.664. The Labute approximate surface area is 161 Å². The lowest BCUT2D eigenvalue weighted by Crippen LogP contribution is -2.41. The third-order valence-corrected chi connectivity index (χ3v) is 8.52. The topological polar surface area (TPSA) is 92.3 Å². The Hall–Kier alpha value is -1.36. The molecule has 26 heavy (non-hydrogen) atoms. The van der Waals surface area contributed by atoms with Crippen molar-refractivity contribution in [3.8, 4) is 0 Å². The molecule has 7 nitrogen and oxygen atoms in total. The van der Waals surface area contributed by atoms with E-state index in [4.69, 9.17) is 0 Å². The number of sulfonamides is 1. The van der Waals surface area contributed by atoms with Gasteiger partial charge in [0.2, 0.25) is 10.0 Å². The number of piperidine rings is 1. The van der Waals surface area contributed by atoms with Crippen molar-refractivity contribution in [3.63, 3.8) is 0 Å². The summed E-state index contributed by atoms with van der Waals surface area (Å²) in [6.45, 7) is 5.45. The molecule has 1 aliphatic heterocycles. The number of carbonyl (C=O) groups is 1. The minimum Gasteiger partial charge on any atom is -0.338 e. The number of hydrogen-bond donors (Lipinski definition) is 1. The van der Waals surface area contributed by atoms with Crippen molar-refractivity contribution in [2.24, 2.45) is 5.92 Å². The number of aromatic nitrogens is 2. The molecule has 1 saturated heterocycles. The maximum absolute atomic E-state index is 12.5. The van der Waals surface area contributed by atoms with Crippen molar-refractivity contribution in [1.29, 1.82) is 0 Å². The third kappa shape index (κ3) is 4.30. The molecule has 1 fully saturated rings. The van der Waals surface area contributed by atoms with Gasteiger partial charge in [-0.25, -0.2) is 13.1 Å². The van der Waals surface area contributed by atoms with Crippen molar-refractivity contribution < 1.29 is 13.2 Å². The lowest BCUT2D eigenvalue weighted by molar-refractivity contribution is 0.0696. The molecule has 0 radical (unpaired) electrons. The van der Waals surface area contributed by atoms with E-state index < -0.39 is 10.0 Å². The van der Waals surface area contributed by atoms with Gasteiger partial charge in [0.1, 0.15) is 9.09 Å². The zero-order valence-electron chi connectivity index (χ0n) is 14.8. The molecule has 3 rings (SSSR count). The number of nitrogens with one attached hydrogen (secondary N) is 1. The van der Waals surface area contributed by atoms with Gasteiger partial charge in [0.25, 0.3) is 5.91 Å². The SMILES string of the molecule is CCc1ccc(S(=O)(=O)NCC2CCN(C(=O)c3snnc3C)CC2)s1. The summed E-state index contributed by atoms with van der Waals surface area (Å²) < 4.78 is 31.7. The van der Waals surface area contributed by atoms with Gasteiger partial charge in [0.05, 0.1) is 5.69 Å². The number of carbonyl (C=O) groups excluding carboxylic acids is 1. The highest BCUT2D eigenvalue weighted by Crippen LogP contribution is 2.24. The molecule has 0 bridgehead atoms. The number of thiophene rings is 1. The van der Waals surface area contributed by atoms with E-state index in [9.17, 15) is 13.2 Å². The highest BCUT2D eigenvalue weighted by atomic mass is 32.2. The number of nitrogens with zero attached hydrogens (tertiary/aromatic N) is 3. The number of hydrogen-bond acceptors (Lipinski definition) is 7. The Bertz CT molecular complexity index is 867. The smallest absolute Gasteiger partial charge is 0.267 e. The molecule has 1 N–H and O–H groups in total. The molecule has 0 aliphatic carbocycles. The van der Waals surface area contributed by atoms with Gasteiger partial charge in [-0.15, -0.1) is 16.4 Å². The van der Waals surface area contributed by atoms with Gasteiger partial charge >= 0.3 is 0 Å². The second-order valence-electron chi connectivity index (χ2n) is 6.35. The van der Waals surface area contributed by atoms with Crippen LogP contribution in [0.25, 0.3) is 0 Å². The molecule has 142 valence electrons. The molecule has 1 amide bonds. The Morgan fingerprint density at radius 1 is 1.35 bits per heavy atom. The number of rotatable bonds is 6. The molecule has 2 aromatic heterocycles. The first-order valence-corrected chi connectivity index (χ1v) is 11.6. The molecular weight excluding hydrogens is 392 g/mol. The first-order valence-electron chi connectivity index (χ1n) is 8.57. The number of aryl methyl sites for hydroxylation is 2. The predicted octanol–water partition coefficient (Wildman–Crippen LogP) is 2.30. The molecular formula is C16H22N4O3S3. The van der Waals surface area contributed by atoms with Crippen LogP contribution in [-0.2, 0) is 16.4 Å². The minimum atomic E-state index is -3.45. The second kappa shape index (κ2) is 8.12. The van der Waals surface area contributed by atoms with Gasteiger partial charge in [0.15, 0.2) is 0 Å². The van der Waals surface area contributed by atoms with E-state index in [1.807, 2.05) is 13.0 Å². The van der Waals surface area contributed by atoms with E-state index in [-0.39, 0.29) is 11.8 Å².